The lowest BCUT2D eigenvalue weighted by molar-refractivity contribution is -0.148. The van der Waals surface area contributed by atoms with Crippen molar-refractivity contribution in [1.29, 1.82) is 0 Å². The third kappa shape index (κ3) is 3.19. The molecule has 1 saturated heterocycles. The van der Waals surface area contributed by atoms with Crippen molar-refractivity contribution in [2.75, 3.05) is 6.54 Å². The molecule has 0 saturated carbocycles. The number of carboxylic acids is 1. The molecule has 1 fully saturated rings. The number of aliphatic carboxylic acids is 1. The lowest BCUT2D eigenvalue weighted by atomic mass is 10.1. The van der Waals surface area contributed by atoms with E-state index in [1.165, 1.54) is 4.90 Å². The van der Waals surface area contributed by atoms with Crippen LogP contribution in [0, 0.1) is 0 Å². The van der Waals surface area contributed by atoms with E-state index in [2.05, 4.69) is 0 Å². The number of hydrogen-bond acceptors (Lipinski definition) is 2. The molecule has 102 valence electrons. The van der Waals surface area contributed by atoms with Crippen LogP contribution < -0.4 is 0 Å². The summed E-state index contributed by atoms with van der Waals surface area (Å²) < 4.78 is 0. The number of amides is 1. The van der Waals surface area contributed by atoms with E-state index >= 15 is 0 Å². The molecule has 1 heterocycles. The van der Waals surface area contributed by atoms with E-state index in [4.69, 9.17) is 28.3 Å². The van der Waals surface area contributed by atoms with Gasteiger partial charge in [0.1, 0.15) is 6.04 Å². The Morgan fingerprint density at radius 3 is 2.74 bits per heavy atom. The number of hydrogen-bond donors (Lipinski definition) is 1. The second kappa shape index (κ2) is 5.80. The lowest BCUT2D eigenvalue weighted by Gasteiger charge is -2.21. The highest BCUT2D eigenvalue weighted by molar-refractivity contribution is 6.35. The van der Waals surface area contributed by atoms with Crippen LogP contribution in [0.15, 0.2) is 18.2 Å². The van der Waals surface area contributed by atoms with Crippen LogP contribution in [0.25, 0.3) is 0 Å². The number of halogens is 2. The largest absolute Gasteiger partial charge is 0.480 e. The Hall–Kier alpha value is -1.26. The first-order valence-electron chi connectivity index (χ1n) is 5.95. The first-order valence-corrected chi connectivity index (χ1v) is 6.71. The molecule has 1 unspecified atom stereocenters. The van der Waals surface area contributed by atoms with Crippen LogP contribution in [-0.2, 0) is 16.0 Å². The average molecular weight is 302 g/mol. The summed E-state index contributed by atoms with van der Waals surface area (Å²) in [4.78, 5) is 24.6. The zero-order valence-electron chi connectivity index (χ0n) is 10.1. The second-order valence-electron chi connectivity index (χ2n) is 4.50. The van der Waals surface area contributed by atoms with Crippen molar-refractivity contribution in [2.24, 2.45) is 0 Å². The molecular weight excluding hydrogens is 289 g/mol. The van der Waals surface area contributed by atoms with Gasteiger partial charge in [-0.25, -0.2) is 4.79 Å². The molecule has 0 spiro atoms. The highest BCUT2D eigenvalue weighted by Crippen LogP contribution is 2.24. The molecule has 0 aliphatic carbocycles. The van der Waals surface area contributed by atoms with E-state index in [1.54, 1.807) is 18.2 Å². The van der Waals surface area contributed by atoms with Gasteiger partial charge in [0, 0.05) is 16.6 Å². The van der Waals surface area contributed by atoms with Gasteiger partial charge in [-0.1, -0.05) is 29.3 Å². The highest BCUT2D eigenvalue weighted by Gasteiger charge is 2.33. The van der Waals surface area contributed by atoms with E-state index in [1.807, 2.05) is 0 Å². The van der Waals surface area contributed by atoms with Gasteiger partial charge in [-0.3, -0.25) is 4.79 Å². The third-order valence-corrected chi connectivity index (χ3v) is 3.80. The van der Waals surface area contributed by atoms with Gasteiger partial charge in [-0.2, -0.15) is 0 Å². The van der Waals surface area contributed by atoms with Gasteiger partial charge < -0.3 is 10.0 Å². The monoisotopic (exact) mass is 301 g/mol. The maximum absolute atomic E-state index is 12.1. The van der Waals surface area contributed by atoms with Crippen LogP contribution in [0.3, 0.4) is 0 Å². The predicted molar refractivity (Wildman–Crippen MR) is 72.5 cm³/mol. The smallest absolute Gasteiger partial charge is 0.326 e. The molecule has 0 bridgehead atoms. The van der Waals surface area contributed by atoms with Crippen LogP contribution >= 0.6 is 23.2 Å². The van der Waals surface area contributed by atoms with Gasteiger partial charge in [0.15, 0.2) is 0 Å². The van der Waals surface area contributed by atoms with Crippen LogP contribution in [0.5, 0.6) is 0 Å². The Morgan fingerprint density at radius 2 is 2.11 bits per heavy atom. The van der Waals surface area contributed by atoms with Crippen molar-refractivity contribution in [3.05, 3.63) is 33.8 Å². The first kappa shape index (κ1) is 14.2. The molecule has 1 aliphatic heterocycles. The van der Waals surface area contributed by atoms with Crippen molar-refractivity contribution in [2.45, 2.75) is 25.3 Å². The minimum Gasteiger partial charge on any atom is -0.480 e. The summed E-state index contributed by atoms with van der Waals surface area (Å²) in [7, 11) is 0. The Morgan fingerprint density at radius 1 is 1.37 bits per heavy atom. The Kier molecular flexibility index (Phi) is 4.32. The van der Waals surface area contributed by atoms with Crippen molar-refractivity contribution >= 4 is 35.1 Å². The van der Waals surface area contributed by atoms with Gasteiger partial charge in [0.25, 0.3) is 0 Å². The first-order chi connectivity index (χ1) is 8.99. The summed E-state index contributed by atoms with van der Waals surface area (Å²) >= 11 is 11.8. The summed E-state index contributed by atoms with van der Waals surface area (Å²) in [5.74, 6) is -1.16. The maximum Gasteiger partial charge on any atom is 0.326 e. The third-order valence-electron chi connectivity index (χ3n) is 3.21. The molecule has 0 aromatic heterocycles. The van der Waals surface area contributed by atoms with Crippen molar-refractivity contribution < 1.29 is 14.7 Å². The van der Waals surface area contributed by atoms with Crippen LogP contribution in [0.1, 0.15) is 18.4 Å². The Bertz CT molecular complexity index is 519. The van der Waals surface area contributed by atoms with Crippen LogP contribution in [0.2, 0.25) is 10.0 Å². The molecule has 4 nitrogen and oxygen atoms in total. The minimum atomic E-state index is -0.951. The number of benzene rings is 1. The summed E-state index contributed by atoms with van der Waals surface area (Å²) in [5.41, 5.74) is 0.659. The van der Waals surface area contributed by atoms with E-state index in [0.29, 0.717) is 28.6 Å². The fraction of sp³-hybridized carbons (Fsp3) is 0.385. The molecule has 1 N–H and O–H groups in total. The van der Waals surface area contributed by atoms with Crippen LogP contribution in [0.4, 0.5) is 0 Å². The minimum absolute atomic E-state index is 0.0970. The predicted octanol–water partition coefficient (Wildman–Crippen LogP) is 2.61. The molecule has 2 rings (SSSR count). The number of rotatable bonds is 3. The highest BCUT2D eigenvalue weighted by atomic mass is 35.5. The maximum atomic E-state index is 12.1. The normalized spacial score (nSPS) is 18.6. The fourth-order valence-corrected chi connectivity index (χ4v) is 2.73. The number of likely N-dealkylation sites (tertiary alicyclic amines) is 1. The topological polar surface area (TPSA) is 57.6 Å². The van der Waals surface area contributed by atoms with Gasteiger partial charge in [0.2, 0.25) is 5.91 Å². The van der Waals surface area contributed by atoms with E-state index in [-0.39, 0.29) is 12.3 Å². The molecule has 1 aromatic rings. The lowest BCUT2D eigenvalue weighted by Crippen LogP contribution is -2.41. The summed E-state index contributed by atoms with van der Waals surface area (Å²) in [5, 5.41) is 9.98. The summed E-state index contributed by atoms with van der Waals surface area (Å²) in [6.45, 7) is 0.487. The van der Waals surface area contributed by atoms with Gasteiger partial charge in [-0.05, 0) is 30.5 Å². The van der Waals surface area contributed by atoms with E-state index < -0.39 is 12.0 Å². The number of carbonyl (C=O) groups excluding carboxylic acids is 1. The molecule has 1 atom stereocenters. The molecule has 19 heavy (non-hydrogen) atoms. The zero-order chi connectivity index (χ0) is 14.0. The SMILES string of the molecule is O=C(O)C1CCCN1C(=O)Cc1ccc(Cl)cc1Cl. The van der Waals surface area contributed by atoms with Crippen LogP contribution in [-0.4, -0.2) is 34.5 Å². The zero-order valence-corrected chi connectivity index (χ0v) is 11.6. The summed E-state index contributed by atoms with van der Waals surface area (Å²) in [6, 6.07) is 4.21. The molecular formula is C13H13Cl2NO3. The quantitative estimate of drug-likeness (QED) is 0.933. The number of carboxylic acid groups (broad SMARTS) is 1. The average Bonchev–Trinajstić information content (AvgIpc) is 2.82. The Labute approximate surface area is 120 Å². The molecule has 0 radical (unpaired) electrons. The van der Waals surface area contributed by atoms with Gasteiger partial charge in [0.05, 0.1) is 6.42 Å². The molecule has 1 amide bonds. The number of nitrogens with zero attached hydrogens (tertiary/aromatic N) is 1. The Balaban J connectivity index is 2.10. The molecule has 6 heteroatoms. The standard InChI is InChI=1S/C13H13Cl2NO3/c14-9-4-3-8(10(15)7-9)6-12(17)16-5-1-2-11(16)13(18)19/h3-4,7,11H,1-2,5-6H2,(H,18,19). The van der Waals surface area contributed by atoms with Crippen molar-refractivity contribution in [1.82, 2.24) is 4.90 Å². The van der Waals surface area contributed by atoms with Crippen molar-refractivity contribution in [3.8, 4) is 0 Å². The molecule has 1 aliphatic rings. The molecule has 1 aromatic carbocycles. The van der Waals surface area contributed by atoms with E-state index in [9.17, 15) is 9.59 Å². The second-order valence-corrected chi connectivity index (χ2v) is 5.34. The van der Waals surface area contributed by atoms with Gasteiger partial charge in [-0.15, -0.1) is 0 Å². The summed E-state index contributed by atoms with van der Waals surface area (Å²) in [6.07, 6.45) is 1.33. The number of carbonyl (C=O) groups is 2. The fourth-order valence-electron chi connectivity index (χ4n) is 2.25. The van der Waals surface area contributed by atoms with Gasteiger partial charge >= 0.3 is 5.97 Å². The van der Waals surface area contributed by atoms with Crippen molar-refractivity contribution in [3.63, 3.8) is 0 Å². The van der Waals surface area contributed by atoms with E-state index in [0.717, 1.165) is 6.42 Å².